The van der Waals surface area contributed by atoms with Crippen LogP contribution in [-0.4, -0.2) is 16.3 Å². The molecule has 2 nitrogen and oxygen atoms in total. The molecule has 1 N–H and O–H groups in total. The van der Waals surface area contributed by atoms with E-state index in [-0.39, 0.29) is 0 Å². The van der Waals surface area contributed by atoms with Crippen LogP contribution in [0.15, 0.2) is 29.4 Å². The van der Waals surface area contributed by atoms with Crippen molar-refractivity contribution in [2.75, 3.05) is 6.26 Å². The lowest BCUT2D eigenvalue weighted by molar-refractivity contribution is 1.06. The Morgan fingerprint density at radius 3 is 2.80 bits per heavy atom. The molecule has 0 saturated carbocycles. The largest absolute Gasteiger partial charge is 0.262 e. The first-order valence-electron chi connectivity index (χ1n) is 4.59. The van der Waals surface area contributed by atoms with Gasteiger partial charge in [-0.2, -0.15) is 5.10 Å². The van der Waals surface area contributed by atoms with E-state index >= 15 is 0 Å². The van der Waals surface area contributed by atoms with E-state index in [2.05, 4.69) is 29.6 Å². The second-order valence-electron chi connectivity index (χ2n) is 3.17. The van der Waals surface area contributed by atoms with Crippen molar-refractivity contribution in [1.29, 1.82) is 0 Å². The number of rotatable bonds is 2. The van der Waals surface area contributed by atoms with E-state index in [1.807, 2.05) is 25.3 Å². The van der Waals surface area contributed by atoms with Crippen LogP contribution in [0.25, 0.3) is 0 Å². The third-order valence-electron chi connectivity index (χ3n) is 1.94. The fourth-order valence-electron chi connectivity index (χ4n) is 1.11. The molecule has 1 aromatic carbocycles. The van der Waals surface area contributed by atoms with Gasteiger partial charge in [-0.3, -0.25) is 5.43 Å². The summed E-state index contributed by atoms with van der Waals surface area (Å²) < 4.78 is 0.682. The minimum absolute atomic E-state index is 0.682. The lowest BCUT2D eigenvalue weighted by Gasteiger charge is -2.03. The second-order valence-corrected chi connectivity index (χ2v) is 4.65. The maximum Gasteiger partial charge on any atom is 0.153 e. The Hall–Kier alpha value is -0.870. The molecule has 0 aromatic heterocycles. The quantitative estimate of drug-likeness (QED) is 0.487. The van der Waals surface area contributed by atoms with Crippen LogP contribution in [-0.2, 0) is 0 Å². The van der Waals surface area contributed by atoms with Crippen LogP contribution in [0.3, 0.4) is 0 Å². The molecule has 15 heavy (non-hydrogen) atoms. The van der Waals surface area contributed by atoms with Crippen molar-refractivity contribution in [2.24, 2.45) is 5.10 Å². The van der Waals surface area contributed by atoms with Gasteiger partial charge in [0.2, 0.25) is 0 Å². The first-order valence-corrected chi connectivity index (χ1v) is 6.22. The molecule has 0 saturated heterocycles. The van der Waals surface area contributed by atoms with Crippen molar-refractivity contribution >= 4 is 34.0 Å². The number of hydrogen-bond acceptors (Lipinski definition) is 3. The molecule has 0 aliphatic heterocycles. The maximum atomic E-state index is 4.99. The highest BCUT2D eigenvalue weighted by atomic mass is 32.2. The molecular formula is C11H14N2S2. The smallest absolute Gasteiger partial charge is 0.153 e. The Bertz CT molecular complexity index is 386. The third-order valence-corrected chi connectivity index (χ3v) is 2.99. The number of thiocarbonyl (C=S) groups is 1. The molecule has 0 spiro atoms. The van der Waals surface area contributed by atoms with Crippen molar-refractivity contribution < 1.29 is 0 Å². The number of thioether (sulfide) groups is 1. The lowest BCUT2D eigenvalue weighted by Crippen LogP contribution is -2.13. The Morgan fingerprint density at radius 1 is 1.47 bits per heavy atom. The number of aryl methyl sites for hydroxylation is 1. The van der Waals surface area contributed by atoms with Gasteiger partial charge in [0, 0.05) is 0 Å². The third kappa shape index (κ3) is 4.01. The number of nitrogens with one attached hydrogen (secondary N) is 1. The molecule has 0 aliphatic carbocycles. The standard InChI is InChI=1S/C11H14N2S2/c1-8-5-4-6-10(7-8)9(2)12-13-11(14)15-3/h4-7H,1-3H3,(H,13,14)/b12-9-. The topological polar surface area (TPSA) is 24.4 Å². The van der Waals surface area contributed by atoms with Gasteiger partial charge in [-0.25, -0.2) is 0 Å². The van der Waals surface area contributed by atoms with Crippen LogP contribution in [0.2, 0.25) is 0 Å². The van der Waals surface area contributed by atoms with Crippen molar-refractivity contribution in [2.45, 2.75) is 13.8 Å². The molecule has 1 aromatic rings. The molecule has 0 atom stereocenters. The van der Waals surface area contributed by atoms with Crippen LogP contribution in [0.4, 0.5) is 0 Å². The lowest BCUT2D eigenvalue weighted by atomic mass is 10.1. The minimum Gasteiger partial charge on any atom is -0.262 e. The highest BCUT2D eigenvalue weighted by molar-refractivity contribution is 8.22. The molecule has 4 heteroatoms. The average molecular weight is 238 g/mol. The predicted octanol–water partition coefficient (Wildman–Crippen LogP) is 2.96. The molecule has 0 fully saturated rings. The number of hydrazone groups is 1. The zero-order valence-electron chi connectivity index (χ0n) is 9.07. The van der Waals surface area contributed by atoms with Gasteiger partial charge in [-0.15, -0.1) is 0 Å². The van der Waals surface area contributed by atoms with Crippen LogP contribution in [0, 0.1) is 6.92 Å². The number of hydrogen-bond donors (Lipinski definition) is 1. The van der Waals surface area contributed by atoms with Gasteiger partial charge in [0.15, 0.2) is 4.32 Å². The van der Waals surface area contributed by atoms with Crippen molar-refractivity contribution in [3.63, 3.8) is 0 Å². The Balaban J connectivity index is 2.75. The van der Waals surface area contributed by atoms with Gasteiger partial charge in [-0.1, -0.05) is 53.8 Å². The first-order chi connectivity index (χ1) is 7.13. The van der Waals surface area contributed by atoms with Gasteiger partial charge in [0.25, 0.3) is 0 Å². The van der Waals surface area contributed by atoms with Crippen LogP contribution >= 0.6 is 24.0 Å². The summed E-state index contributed by atoms with van der Waals surface area (Å²) in [6, 6.07) is 8.23. The molecule has 80 valence electrons. The van der Waals surface area contributed by atoms with E-state index < -0.39 is 0 Å². The van der Waals surface area contributed by atoms with Gasteiger partial charge in [-0.05, 0) is 25.7 Å². The average Bonchev–Trinajstić information content (AvgIpc) is 2.25. The predicted molar refractivity (Wildman–Crippen MR) is 72.6 cm³/mol. The zero-order valence-corrected chi connectivity index (χ0v) is 10.7. The highest BCUT2D eigenvalue weighted by Gasteiger charge is 1.97. The monoisotopic (exact) mass is 238 g/mol. The summed E-state index contributed by atoms with van der Waals surface area (Å²) in [5.41, 5.74) is 6.12. The molecule has 0 bridgehead atoms. The molecule has 0 radical (unpaired) electrons. The summed E-state index contributed by atoms with van der Waals surface area (Å²) in [4.78, 5) is 0. The van der Waals surface area contributed by atoms with Gasteiger partial charge >= 0.3 is 0 Å². The Kier molecular flexibility index (Phi) is 4.78. The first kappa shape index (κ1) is 12.2. The van der Waals surface area contributed by atoms with Crippen LogP contribution < -0.4 is 5.43 Å². The summed E-state index contributed by atoms with van der Waals surface area (Å²) in [7, 11) is 0. The van der Waals surface area contributed by atoms with E-state index in [9.17, 15) is 0 Å². The summed E-state index contributed by atoms with van der Waals surface area (Å²) in [6.45, 7) is 4.03. The summed E-state index contributed by atoms with van der Waals surface area (Å²) in [6.07, 6.45) is 1.92. The van der Waals surface area contributed by atoms with E-state index in [0.717, 1.165) is 11.3 Å². The number of nitrogens with zero attached hydrogens (tertiary/aromatic N) is 1. The molecule has 0 heterocycles. The number of benzene rings is 1. The molecular weight excluding hydrogens is 224 g/mol. The normalized spacial score (nSPS) is 11.3. The van der Waals surface area contributed by atoms with Crippen molar-refractivity contribution in [3.8, 4) is 0 Å². The van der Waals surface area contributed by atoms with Gasteiger partial charge in [0.1, 0.15) is 0 Å². The maximum absolute atomic E-state index is 4.99. The fraction of sp³-hybridized carbons (Fsp3) is 0.273. The van der Waals surface area contributed by atoms with E-state index in [4.69, 9.17) is 12.2 Å². The molecule has 0 amide bonds. The van der Waals surface area contributed by atoms with E-state index in [1.54, 1.807) is 0 Å². The molecule has 0 unspecified atom stereocenters. The van der Waals surface area contributed by atoms with Crippen LogP contribution in [0.1, 0.15) is 18.1 Å². The summed E-state index contributed by atoms with van der Waals surface area (Å²) in [5, 5.41) is 4.21. The molecule has 1 rings (SSSR count). The van der Waals surface area contributed by atoms with Crippen molar-refractivity contribution in [1.82, 2.24) is 5.43 Å². The molecule has 0 aliphatic rings. The van der Waals surface area contributed by atoms with Crippen molar-refractivity contribution in [3.05, 3.63) is 35.4 Å². The zero-order chi connectivity index (χ0) is 11.3. The Morgan fingerprint density at radius 2 is 2.20 bits per heavy atom. The van der Waals surface area contributed by atoms with E-state index in [0.29, 0.717) is 4.32 Å². The summed E-state index contributed by atoms with van der Waals surface area (Å²) in [5.74, 6) is 0. The van der Waals surface area contributed by atoms with Crippen LogP contribution in [0.5, 0.6) is 0 Å². The Labute approximate surface area is 100 Å². The van der Waals surface area contributed by atoms with E-state index in [1.165, 1.54) is 17.3 Å². The fourth-order valence-corrected chi connectivity index (χ4v) is 1.29. The van der Waals surface area contributed by atoms with Gasteiger partial charge < -0.3 is 0 Å². The summed E-state index contributed by atoms with van der Waals surface area (Å²) >= 11 is 6.47. The minimum atomic E-state index is 0.682. The SMILES string of the molecule is CSC(=S)N/N=C(/C)c1cccc(C)c1. The van der Waals surface area contributed by atoms with Gasteiger partial charge in [0.05, 0.1) is 5.71 Å². The second kappa shape index (κ2) is 5.88. The highest BCUT2D eigenvalue weighted by Crippen LogP contribution is 2.05.